The van der Waals surface area contributed by atoms with Crippen molar-refractivity contribution in [2.75, 3.05) is 11.9 Å². The molecule has 4 rings (SSSR count). The van der Waals surface area contributed by atoms with Crippen LogP contribution in [0.15, 0.2) is 35.7 Å². The minimum atomic E-state index is -0.733. The van der Waals surface area contributed by atoms with Crippen molar-refractivity contribution in [1.29, 1.82) is 0 Å². The lowest BCUT2D eigenvalue weighted by atomic mass is 10.2. The quantitative estimate of drug-likeness (QED) is 0.512. The lowest BCUT2D eigenvalue weighted by Gasteiger charge is -2.27. The molecule has 0 aliphatic carbocycles. The van der Waals surface area contributed by atoms with Crippen LogP contribution in [0.25, 0.3) is 10.6 Å². The van der Waals surface area contributed by atoms with Gasteiger partial charge in [0.1, 0.15) is 23.5 Å². The Balaban J connectivity index is 1.50. The summed E-state index contributed by atoms with van der Waals surface area (Å²) in [5.41, 5.74) is 1.02. The Morgan fingerprint density at radius 3 is 2.53 bits per heavy atom. The first-order valence-electron chi connectivity index (χ1n) is 11.0. The Morgan fingerprint density at radius 2 is 1.88 bits per heavy atom. The van der Waals surface area contributed by atoms with Gasteiger partial charge in [-0.3, -0.25) is 9.69 Å². The zero-order valence-corrected chi connectivity index (χ0v) is 21.5. The number of aryl methyl sites for hydroxylation is 2. The minimum absolute atomic E-state index is 0.254. The van der Waals surface area contributed by atoms with Gasteiger partial charge in [-0.05, 0) is 46.8 Å². The molecule has 180 valence electrons. The van der Waals surface area contributed by atoms with Crippen LogP contribution in [0.3, 0.4) is 0 Å². The van der Waals surface area contributed by atoms with Gasteiger partial charge < -0.3 is 14.8 Å². The Hall–Kier alpha value is -2.98. The van der Waals surface area contributed by atoms with E-state index in [1.165, 1.54) is 16.2 Å². The molecular formula is C24H28N4O4S2. The number of benzene rings is 1. The Labute approximate surface area is 206 Å². The predicted octanol–water partition coefficient (Wildman–Crippen LogP) is 5.28. The first-order valence-corrected chi connectivity index (χ1v) is 12.7. The normalized spacial score (nSPS) is 18.1. The van der Waals surface area contributed by atoms with E-state index in [-0.39, 0.29) is 18.6 Å². The lowest BCUT2D eigenvalue weighted by Crippen LogP contribution is -2.45. The number of carbonyl (C=O) groups is 2. The van der Waals surface area contributed by atoms with Gasteiger partial charge in [-0.25, -0.2) is 14.8 Å². The number of ether oxygens (including phenoxy) is 2. The second kappa shape index (κ2) is 9.71. The molecule has 0 radical (unpaired) electrons. The summed E-state index contributed by atoms with van der Waals surface area (Å²) >= 11 is 2.91. The van der Waals surface area contributed by atoms with Gasteiger partial charge in [-0.15, -0.1) is 22.7 Å². The second-order valence-electron chi connectivity index (χ2n) is 9.11. The van der Waals surface area contributed by atoms with Crippen LogP contribution in [-0.4, -0.2) is 51.2 Å². The van der Waals surface area contributed by atoms with Crippen LogP contribution < -0.4 is 10.1 Å². The first kappa shape index (κ1) is 24.2. The fourth-order valence-electron chi connectivity index (χ4n) is 3.74. The predicted molar refractivity (Wildman–Crippen MR) is 134 cm³/mol. The summed E-state index contributed by atoms with van der Waals surface area (Å²) < 4.78 is 11.6. The third kappa shape index (κ3) is 5.74. The van der Waals surface area contributed by atoms with Gasteiger partial charge in [0.2, 0.25) is 5.91 Å². The summed E-state index contributed by atoms with van der Waals surface area (Å²) in [5, 5.41) is 6.22. The van der Waals surface area contributed by atoms with Crippen LogP contribution in [0, 0.1) is 13.8 Å². The van der Waals surface area contributed by atoms with Gasteiger partial charge in [0, 0.05) is 11.8 Å². The number of nitrogens with zero attached hydrogens (tertiary/aromatic N) is 3. The van der Waals surface area contributed by atoms with E-state index in [0.717, 1.165) is 21.3 Å². The largest absolute Gasteiger partial charge is 0.488 e. The number of likely N-dealkylation sites (tertiary alicyclic amines) is 1. The Kier molecular flexibility index (Phi) is 6.90. The number of para-hydroxylation sites is 1. The van der Waals surface area contributed by atoms with E-state index in [0.29, 0.717) is 17.3 Å². The second-order valence-corrected chi connectivity index (χ2v) is 11.2. The van der Waals surface area contributed by atoms with Crippen LogP contribution in [0.4, 0.5) is 9.93 Å². The molecule has 0 spiro atoms. The average Bonchev–Trinajstić information content (AvgIpc) is 3.46. The van der Waals surface area contributed by atoms with Crippen molar-refractivity contribution in [2.24, 2.45) is 0 Å². The highest BCUT2D eigenvalue weighted by Gasteiger charge is 2.42. The molecule has 2 atom stereocenters. The fraction of sp³-hybridized carbons (Fsp3) is 0.417. The molecule has 3 aromatic rings. The topological polar surface area (TPSA) is 93.7 Å². The summed E-state index contributed by atoms with van der Waals surface area (Å²) in [5.74, 6) is 0.376. The van der Waals surface area contributed by atoms with Gasteiger partial charge in [0.25, 0.3) is 0 Å². The SMILES string of the molecule is Cc1nc(C)c(-c2csc(NC(=O)[C@@H]3C[C@@H](Oc4ccccc4)CN3C(=O)OC(C)(C)C)n2)s1. The highest BCUT2D eigenvalue weighted by atomic mass is 32.1. The van der Waals surface area contributed by atoms with Gasteiger partial charge in [0.15, 0.2) is 5.13 Å². The van der Waals surface area contributed by atoms with Crippen LogP contribution in [-0.2, 0) is 9.53 Å². The molecule has 2 aromatic heterocycles. The maximum Gasteiger partial charge on any atom is 0.411 e. The molecule has 1 aliphatic heterocycles. The van der Waals surface area contributed by atoms with Crippen molar-refractivity contribution in [3.05, 3.63) is 46.4 Å². The summed E-state index contributed by atoms with van der Waals surface area (Å²) in [6.45, 7) is 9.55. The molecule has 34 heavy (non-hydrogen) atoms. The molecule has 3 heterocycles. The molecule has 1 aromatic carbocycles. The molecule has 1 N–H and O–H groups in total. The summed E-state index contributed by atoms with van der Waals surface area (Å²) in [6.07, 6.45) is -0.520. The van der Waals surface area contributed by atoms with Crippen LogP contribution in [0.5, 0.6) is 5.75 Å². The molecule has 0 unspecified atom stereocenters. The molecule has 1 aliphatic rings. The zero-order valence-electron chi connectivity index (χ0n) is 19.8. The van der Waals surface area contributed by atoms with E-state index >= 15 is 0 Å². The number of rotatable bonds is 5. The molecular weight excluding hydrogens is 472 g/mol. The third-order valence-corrected chi connectivity index (χ3v) is 6.96. The van der Waals surface area contributed by atoms with Crippen molar-refractivity contribution in [3.8, 4) is 16.3 Å². The molecule has 10 heteroatoms. The van der Waals surface area contributed by atoms with Crippen molar-refractivity contribution in [2.45, 2.75) is 58.8 Å². The van der Waals surface area contributed by atoms with Crippen LogP contribution in [0.1, 0.15) is 37.9 Å². The van der Waals surface area contributed by atoms with E-state index < -0.39 is 17.7 Å². The smallest absolute Gasteiger partial charge is 0.411 e. The van der Waals surface area contributed by atoms with Crippen molar-refractivity contribution >= 4 is 39.8 Å². The van der Waals surface area contributed by atoms with Gasteiger partial charge >= 0.3 is 6.09 Å². The number of hydrogen-bond donors (Lipinski definition) is 1. The van der Waals surface area contributed by atoms with Gasteiger partial charge in [0.05, 0.1) is 27.8 Å². The number of hydrogen-bond acceptors (Lipinski definition) is 8. The maximum atomic E-state index is 13.3. The van der Waals surface area contributed by atoms with Crippen LogP contribution in [0.2, 0.25) is 0 Å². The number of thiazole rings is 2. The van der Waals surface area contributed by atoms with E-state index in [4.69, 9.17) is 9.47 Å². The highest BCUT2D eigenvalue weighted by molar-refractivity contribution is 7.16. The summed E-state index contributed by atoms with van der Waals surface area (Å²) in [4.78, 5) is 37.6. The van der Waals surface area contributed by atoms with Crippen molar-refractivity contribution in [1.82, 2.24) is 14.9 Å². The summed E-state index contributed by atoms with van der Waals surface area (Å²) in [6, 6.07) is 8.64. The van der Waals surface area contributed by atoms with Crippen LogP contribution >= 0.6 is 22.7 Å². The summed E-state index contributed by atoms with van der Waals surface area (Å²) in [7, 11) is 0. The number of nitrogens with one attached hydrogen (secondary N) is 1. The van der Waals surface area contributed by atoms with Gasteiger partial charge in [-0.2, -0.15) is 0 Å². The van der Waals surface area contributed by atoms with Crippen molar-refractivity contribution < 1.29 is 19.1 Å². The van der Waals surface area contributed by atoms with E-state index in [1.54, 1.807) is 32.1 Å². The highest BCUT2D eigenvalue weighted by Crippen LogP contribution is 2.33. The Bertz CT molecular complexity index is 1170. The van der Waals surface area contributed by atoms with Gasteiger partial charge in [-0.1, -0.05) is 18.2 Å². The monoisotopic (exact) mass is 500 g/mol. The molecule has 0 saturated carbocycles. The average molecular weight is 501 g/mol. The fourth-order valence-corrected chi connectivity index (χ4v) is 5.40. The molecule has 2 amide bonds. The number of aromatic nitrogens is 2. The number of anilines is 1. The number of amides is 2. The van der Waals surface area contributed by atoms with E-state index in [2.05, 4.69) is 15.3 Å². The standard InChI is InChI=1S/C24H28N4O4S2/c1-14-20(34-15(2)25-14)18-13-33-22(26-18)27-21(29)19-11-17(31-16-9-7-6-8-10-16)12-28(19)23(30)32-24(3,4)5/h6-10,13,17,19H,11-12H2,1-5H3,(H,26,27,29)/t17-,19+/m1/s1. The van der Waals surface area contributed by atoms with E-state index in [9.17, 15) is 9.59 Å². The maximum absolute atomic E-state index is 13.3. The molecule has 1 fully saturated rings. The third-order valence-electron chi connectivity index (χ3n) is 5.11. The van der Waals surface area contributed by atoms with Crippen molar-refractivity contribution in [3.63, 3.8) is 0 Å². The zero-order chi connectivity index (χ0) is 24.5. The minimum Gasteiger partial charge on any atom is -0.488 e. The lowest BCUT2D eigenvalue weighted by molar-refractivity contribution is -0.120. The Morgan fingerprint density at radius 1 is 1.15 bits per heavy atom. The van der Waals surface area contributed by atoms with E-state index in [1.807, 2.05) is 49.6 Å². The molecule has 0 bridgehead atoms. The first-order chi connectivity index (χ1) is 16.1. The molecule has 8 nitrogen and oxygen atoms in total. The number of carbonyl (C=O) groups excluding carboxylic acids is 2. The molecule has 1 saturated heterocycles.